The number of carboxylic acids is 1. The van der Waals surface area contributed by atoms with Gasteiger partial charge in [0.25, 0.3) is 0 Å². The standard InChI is InChI=1S/C27H48O6/c1-3-5-7-9-11-13-15-19-32-26(30)22-17-18-23(24(21-22)25(28)29)27(31)33-20-16-14-12-10-8-6-4-2/h22-24H,3-21H2,1-2H3,(H,28,29). The first kappa shape index (κ1) is 29.4. The summed E-state index contributed by atoms with van der Waals surface area (Å²) < 4.78 is 10.8. The molecule has 1 aliphatic rings. The van der Waals surface area contributed by atoms with Crippen LogP contribution in [0.1, 0.15) is 123 Å². The quantitative estimate of drug-likeness (QED) is 0.168. The maximum absolute atomic E-state index is 12.5. The van der Waals surface area contributed by atoms with Gasteiger partial charge in [0, 0.05) is 0 Å². The maximum Gasteiger partial charge on any atom is 0.309 e. The Balaban J connectivity index is 2.27. The van der Waals surface area contributed by atoms with Crippen LogP contribution in [0.3, 0.4) is 0 Å². The second-order valence-electron chi connectivity index (χ2n) is 9.64. The predicted molar refractivity (Wildman–Crippen MR) is 130 cm³/mol. The highest BCUT2D eigenvalue weighted by Gasteiger charge is 2.42. The molecule has 0 bridgehead atoms. The number of ether oxygens (including phenoxy) is 2. The third-order valence-corrected chi connectivity index (χ3v) is 6.79. The van der Waals surface area contributed by atoms with Crippen LogP contribution in [0.2, 0.25) is 0 Å². The number of unbranched alkanes of at least 4 members (excludes halogenated alkanes) is 12. The van der Waals surface area contributed by atoms with Crippen LogP contribution in [0.4, 0.5) is 0 Å². The van der Waals surface area contributed by atoms with Crippen LogP contribution in [0.25, 0.3) is 0 Å². The molecule has 1 saturated carbocycles. The van der Waals surface area contributed by atoms with Gasteiger partial charge in [-0.05, 0) is 32.1 Å². The molecule has 3 unspecified atom stereocenters. The number of carboxylic acid groups (broad SMARTS) is 1. The van der Waals surface area contributed by atoms with Gasteiger partial charge in [0.1, 0.15) is 0 Å². The van der Waals surface area contributed by atoms with Crippen molar-refractivity contribution in [3.63, 3.8) is 0 Å². The van der Waals surface area contributed by atoms with Gasteiger partial charge in [0.05, 0.1) is 31.0 Å². The van der Waals surface area contributed by atoms with E-state index in [2.05, 4.69) is 13.8 Å². The molecule has 1 rings (SSSR count). The van der Waals surface area contributed by atoms with E-state index in [1.54, 1.807) is 0 Å². The van der Waals surface area contributed by atoms with Crippen molar-refractivity contribution in [3.05, 3.63) is 0 Å². The Labute approximate surface area is 201 Å². The summed E-state index contributed by atoms with van der Waals surface area (Å²) in [5.41, 5.74) is 0. The summed E-state index contributed by atoms with van der Waals surface area (Å²) in [5.74, 6) is -3.76. The van der Waals surface area contributed by atoms with Crippen LogP contribution in [0, 0.1) is 17.8 Å². The van der Waals surface area contributed by atoms with Crippen molar-refractivity contribution in [3.8, 4) is 0 Å². The van der Waals surface area contributed by atoms with Crippen molar-refractivity contribution in [2.45, 2.75) is 123 Å². The van der Waals surface area contributed by atoms with E-state index in [1.807, 2.05) is 0 Å². The van der Waals surface area contributed by atoms with Crippen molar-refractivity contribution in [1.29, 1.82) is 0 Å². The van der Waals surface area contributed by atoms with Gasteiger partial charge >= 0.3 is 17.9 Å². The molecule has 0 aromatic carbocycles. The van der Waals surface area contributed by atoms with Crippen LogP contribution in [-0.2, 0) is 23.9 Å². The number of hydrogen-bond acceptors (Lipinski definition) is 5. The Morgan fingerprint density at radius 3 is 1.58 bits per heavy atom. The first-order chi connectivity index (χ1) is 16.0. The summed E-state index contributed by atoms with van der Waals surface area (Å²) in [7, 11) is 0. The Kier molecular flexibility index (Phi) is 16.8. The van der Waals surface area contributed by atoms with Gasteiger partial charge in [-0.15, -0.1) is 0 Å². The average Bonchev–Trinajstić information content (AvgIpc) is 2.81. The fourth-order valence-corrected chi connectivity index (χ4v) is 4.63. The first-order valence-electron chi connectivity index (χ1n) is 13.6. The first-order valence-corrected chi connectivity index (χ1v) is 13.6. The largest absolute Gasteiger partial charge is 0.481 e. The van der Waals surface area contributed by atoms with Crippen molar-refractivity contribution in [2.75, 3.05) is 13.2 Å². The predicted octanol–water partition coefficient (Wildman–Crippen LogP) is 6.69. The van der Waals surface area contributed by atoms with Gasteiger partial charge in [0.2, 0.25) is 0 Å². The molecule has 0 saturated heterocycles. The summed E-state index contributed by atoms with van der Waals surface area (Å²) in [4.78, 5) is 36.7. The van der Waals surface area contributed by atoms with E-state index in [4.69, 9.17) is 9.47 Å². The van der Waals surface area contributed by atoms with E-state index in [0.29, 0.717) is 26.1 Å². The van der Waals surface area contributed by atoms with Crippen molar-refractivity contribution in [1.82, 2.24) is 0 Å². The molecule has 1 aliphatic carbocycles. The molecule has 3 atom stereocenters. The Morgan fingerprint density at radius 1 is 0.636 bits per heavy atom. The zero-order chi connectivity index (χ0) is 24.3. The van der Waals surface area contributed by atoms with Gasteiger partial charge in [-0.3, -0.25) is 14.4 Å². The molecule has 0 spiro atoms. The molecule has 0 aromatic rings. The summed E-state index contributed by atoms with van der Waals surface area (Å²) in [5, 5.41) is 9.64. The minimum absolute atomic E-state index is 0.155. The second-order valence-corrected chi connectivity index (χ2v) is 9.64. The average molecular weight is 469 g/mol. The number of aliphatic carboxylic acids is 1. The fraction of sp³-hybridized carbons (Fsp3) is 0.889. The van der Waals surface area contributed by atoms with E-state index in [1.165, 1.54) is 51.4 Å². The lowest BCUT2D eigenvalue weighted by molar-refractivity contribution is -0.164. The molecular formula is C27H48O6. The minimum atomic E-state index is -1.03. The van der Waals surface area contributed by atoms with Crippen molar-refractivity contribution < 1.29 is 29.0 Å². The molecule has 1 fully saturated rings. The Hall–Kier alpha value is -1.59. The highest BCUT2D eigenvalue weighted by atomic mass is 16.5. The zero-order valence-corrected chi connectivity index (χ0v) is 21.2. The number of esters is 2. The number of hydrogen-bond donors (Lipinski definition) is 1. The second kappa shape index (κ2) is 18.8. The van der Waals surface area contributed by atoms with Gasteiger partial charge < -0.3 is 14.6 Å². The maximum atomic E-state index is 12.5. The molecule has 0 aliphatic heterocycles. The molecule has 192 valence electrons. The highest BCUT2D eigenvalue weighted by Crippen LogP contribution is 2.36. The summed E-state index contributed by atoms with van der Waals surface area (Å²) in [6, 6.07) is 0. The van der Waals surface area contributed by atoms with E-state index in [9.17, 15) is 19.5 Å². The SMILES string of the molecule is CCCCCCCCCOC(=O)C1CCC(C(=O)OCCCCCCCCC)C(C(=O)O)C1. The molecule has 0 radical (unpaired) electrons. The zero-order valence-electron chi connectivity index (χ0n) is 21.2. The van der Waals surface area contributed by atoms with Crippen LogP contribution < -0.4 is 0 Å². The molecule has 1 N–H and O–H groups in total. The molecule has 0 amide bonds. The topological polar surface area (TPSA) is 89.9 Å². The van der Waals surface area contributed by atoms with Crippen LogP contribution in [0.5, 0.6) is 0 Å². The lowest BCUT2D eigenvalue weighted by atomic mass is 9.74. The molecule has 6 nitrogen and oxygen atoms in total. The third-order valence-electron chi connectivity index (χ3n) is 6.79. The molecule has 33 heavy (non-hydrogen) atoms. The number of carbonyl (C=O) groups excluding carboxylic acids is 2. The van der Waals surface area contributed by atoms with Gasteiger partial charge in [0.15, 0.2) is 0 Å². The van der Waals surface area contributed by atoms with Crippen LogP contribution >= 0.6 is 0 Å². The normalized spacial score (nSPS) is 20.4. The van der Waals surface area contributed by atoms with Crippen molar-refractivity contribution >= 4 is 17.9 Å². The van der Waals surface area contributed by atoms with Crippen LogP contribution in [-0.4, -0.2) is 36.2 Å². The third kappa shape index (κ3) is 13.0. The number of rotatable bonds is 19. The summed E-state index contributed by atoms with van der Waals surface area (Å²) >= 11 is 0. The van der Waals surface area contributed by atoms with E-state index in [0.717, 1.165) is 38.5 Å². The van der Waals surface area contributed by atoms with Crippen molar-refractivity contribution in [2.24, 2.45) is 17.8 Å². The Bertz CT molecular complexity index is 547. The minimum Gasteiger partial charge on any atom is -0.481 e. The van der Waals surface area contributed by atoms with Gasteiger partial charge in [-0.1, -0.05) is 90.9 Å². The lowest BCUT2D eigenvalue weighted by Crippen LogP contribution is -2.39. The van der Waals surface area contributed by atoms with Crippen LogP contribution in [0.15, 0.2) is 0 Å². The molecule has 6 heteroatoms. The summed E-state index contributed by atoms with van der Waals surface area (Å²) in [6.45, 7) is 5.13. The van der Waals surface area contributed by atoms with E-state index >= 15 is 0 Å². The molecule has 0 heterocycles. The van der Waals surface area contributed by atoms with E-state index in [-0.39, 0.29) is 12.4 Å². The fourth-order valence-electron chi connectivity index (χ4n) is 4.63. The smallest absolute Gasteiger partial charge is 0.309 e. The van der Waals surface area contributed by atoms with E-state index < -0.39 is 29.7 Å². The monoisotopic (exact) mass is 468 g/mol. The summed E-state index contributed by atoms with van der Waals surface area (Å²) in [6.07, 6.45) is 17.0. The molecular weight excluding hydrogens is 420 g/mol. The Morgan fingerprint density at radius 2 is 1.09 bits per heavy atom. The number of carbonyl (C=O) groups is 3. The van der Waals surface area contributed by atoms with Gasteiger partial charge in [-0.25, -0.2) is 0 Å². The highest BCUT2D eigenvalue weighted by molar-refractivity contribution is 5.83. The lowest BCUT2D eigenvalue weighted by Gasteiger charge is -2.31. The molecule has 0 aromatic heterocycles. The van der Waals surface area contributed by atoms with Gasteiger partial charge in [-0.2, -0.15) is 0 Å².